The van der Waals surface area contributed by atoms with Crippen LogP contribution in [0.15, 0.2) is 48.0 Å². The smallest absolute Gasteiger partial charge is 0.266 e. The van der Waals surface area contributed by atoms with E-state index in [-0.39, 0.29) is 10.6 Å². The van der Waals surface area contributed by atoms with E-state index in [9.17, 15) is 10.1 Å². The minimum atomic E-state index is -0.591. The summed E-state index contributed by atoms with van der Waals surface area (Å²) in [4.78, 5) is 12.6. The van der Waals surface area contributed by atoms with E-state index in [1.54, 1.807) is 30.3 Å². The van der Waals surface area contributed by atoms with Gasteiger partial charge in [-0.3, -0.25) is 4.79 Å². The van der Waals surface area contributed by atoms with Crippen molar-refractivity contribution in [1.29, 1.82) is 5.26 Å². The van der Waals surface area contributed by atoms with Crippen molar-refractivity contribution >= 4 is 64.1 Å². The Labute approximate surface area is 194 Å². The lowest BCUT2D eigenvalue weighted by molar-refractivity contribution is -0.112. The number of halogens is 4. The largest absolute Gasteiger partial charge is 0.320 e. The first kappa shape index (κ1) is 22.3. The van der Waals surface area contributed by atoms with Gasteiger partial charge in [0.1, 0.15) is 11.6 Å². The van der Waals surface area contributed by atoms with E-state index < -0.39 is 5.91 Å². The molecule has 0 saturated heterocycles. The molecule has 1 amide bonds. The molecule has 0 fully saturated rings. The second-order valence-corrected chi connectivity index (χ2v) is 8.03. The molecular weight excluding hydrogens is 464 g/mol. The predicted octanol–water partition coefficient (Wildman–Crippen LogP) is 7.25. The van der Waals surface area contributed by atoms with Crippen LogP contribution in [0.1, 0.15) is 17.0 Å². The van der Waals surface area contributed by atoms with Crippen molar-refractivity contribution in [3.63, 3.8) is 0 Å². The van der Waals surface area contributed by atoms with E-state index in [1.165, 1.54) is 6.08 Å². The molecule has 3 rings (SSSR count). The van der Waals surface area contributed by atoms with Crippen LogP contribution < -0.4 is 5.32 Å². The van der Waals surface area contributed by atoms with Gasteiger partial charge in [-0.15, -0.1) is 0 Å². The molecule has 1 heterocycles. The molecule has 8 heteroatoms. The average Bonchev–Trinajstić information content (AvgIpc) is 2.98. The molecule has 2 aromatic carbocycles. The Bertz CT molecular complexity index is 1220. The number of nitrogens with zero attached hydrogens (tertiary/aromatic N) is 2. The van der Waals surface area contributed by atoms with E-state index in [1.807, 2.05) is 36.6 Å². The van der Waals surface area contributed by atoms with Crippen molar-refractivity contribution in [2.45, 2.75) is 13.8 Å². The number of aryl methyl sites for hydroxylation is 1. The summed E-state index contributed by atoms with van der Waals surface area (Å²) >= 11 is 24.6. The van der Waals surface area contributed by atoms with Crippen molar-refractivity contribution in [1.82, 2.24) is 4.57 Å². The van der Waals surface area contributed by atoms with Gasteiger partial charge in [0.05, 0.1) is 31.5 Å². The summed E-state index contributed by atoms with van der Waals surface area (Å²) in [5.74, 6) is -0.591. The van der Waals surface area contributed by atoms with Crippen LogP contribution in [-0.4, -0.2) is 10.5 Å². The van der Waals surface area contributed by atoms with Crippen LogP contribution in [0, 0.1) is 25.2 Å². The first-order valence-corrected chi connectivity index (χ1v) is 10.3. The van der Waals surface area contributed by atoms with Crippen molar-refractivity contribution < 1.29 is 4.79 Å². The fourth-order valence-electron chi connectivity index (χ4n) is 3.06. The van der Waals surface area contributed by atoms with Crippen LogP contribution in [0.3, 0.4) is 0 Å². The zero-order chi connectivity index (χ0) is 22.0. The number of hydrogen-bond donors (Lipinski definition) is 1. The molecule has 0 saturated carbocycles. The monoisotopic (exact) mass is 477 g/mol. The Hall–Kier alpha value is -2.42. The first-order valence-electron chi connectivity index (χ1n) is 8.75. The van der Waals surface area contributed by atoms with Gasteiger partial charge in [-0.1, -0.05) is 58.5 Å². The summed E-state index contributed by atoms with van der Waals surface area (Å²) in [6, 6.07) is 14.0. The molecule has 1 aromatic heterocycles. The number of aromatic nitrogens is 1. The molecule has 152 valence electrons. The van der Waals surface area contributed by atoms with Gasteiger partial charge < -0.3 is 9.88 Å². The molecule has 0 atom stereocenters. The number of carbonyl (C=O) groups is 1. The maximum Gasteiger partial charge on any atom is 0.266 e. The molecule has 1 N–H and O–H groups in total. The maximum absolute atomic E-state index is 12.6. The molecule has 3 aromatic rings. The summed E-state index contributed by atoms with van der Waals surface area (Å²) in [6.45, 7) is 3.77. The zero-order valence-electron chi connectivity index (χ0n) is 15.9. The van der Waals surface area contributed by atoms with Crippen LogP contribution >= 0.6 is 46.4 Å². The number of nitrogens with one attached hydrogen (secondary N) is 1. The van der Waals surface area contributed by atoms with Crippen LogP contribution in [0.2, 0.25) is 20.1 Å². The number of anilines is 1. The topological polar surface area (TPSA) is 57.8 Å². The van der Waals surface area contributed by atoms with Gasteiger partial charge in [-0.2, -0.15) is 5.26 Å². The van der Waals surface area contributed by atoms with Gasteiger partial charge in [-0.05, 0) is 55.8 Å². The normalized spacial score (nSPS) is 11.3. The highest BCUT2D eigenvalue weighted by atomic mass is 35.5. The van der Waals surface area contributed by atoms with Crippen LogP contribution in [0.4, 0.5) is 5.69 Å². The first-order chi connectivity index (χ1) is 14.2. The van der Waals surface area contributed by atoms with Crippen LogP contribution in [0.5, 0.6) is 0 Å². The molecular formula is C22H15Cl4N3O. The van der Waals surface area contributed by atoms with Crippen molar-refractivity contribution in [2.24, 2.45) is 0 Å². The molecule has 0 aliphatic carbocycles. The van der Waals surface area contributed by atoms with E-state index in [4.69, 9.17) is 46.4 Å². The molecule has 0 bridgehead atoms. The lowest BCUT2D eigenvalue weighted by Gasteiger charge is -2.12. The fourth-order valence-corrected chi connectivity index (χ4v) is 3.79. The Kier molecular flexibility index (Phi) is 6.80. The summed E-state index contributed by atoms with van der Waals surface area (Å²) in [7, 11) is 0. The Balaban J connectivity index is 1.99. The number of amides is 1. The molecule has 0 aliphatic heterocycles. The van der Waals surface area contributed by atoms with E-state index in [2.05, 4.69) is 5.32 Å². The molecule has 4 nitrogen and oxygen atoms in total. The number of benzene rings is 2. The van der Waals surface area contributed by atoms with Gasteiger partial charge in [0, 0.05) is 11.4 Å². The van der Waals surface area contributed by atoms with Gasteiger partial charge in [-0.25, -0.2) is 0 Å². The lowest BCUT2D eigenvalue weighted by Crippen LogP contribution is -2.13. The SMILES string of the molecule is Cc1cc(/C=C(/C#N)C(=O)Nc2cccc(Cl)c2Cl)c(C)n1-c1cccc(Cl)c1Cl. The summed E-state index contributed by atoms with van der Waals surface area (Å²) in [5.41, 5.74) is 3.34. The summed E-state index contributed by atoms with van der Waals surface area (Å²) < 4.78 is 1.92. The van der Waals surface area contributed by atoms with E-state index >= 15 is 0 Å². The number of carbonyl (C=O) groups excluding carboxylic acids is 1. The van der Waals surface area contributed by atoms with Crippen LogP contribution in [-0.2, 0) is 4.79 Å². The third-order valence-electron chi connectivity index (χ3n) is 4.51. The standard InChI is InChI=1S/C22H15Cl4N3O/c1-12-9-14(13(2)29(12)19-8-4-6-17(24)21(19)26)10-15(11-27)22(30)28-18-7-3-5-16(23)20(18)25/h3-10H,1-2H3,(H,28,30)/b15-10-. The quantitative estimate of drug-likeness (QED) is 0.317. The number of rotatable bonds is 4. The second-order valence-electron chi connectivity index (χ2n) is 6.46. The van der Waals surface area contributed by atoms with E-state index in [0.717, 1.165) is 11.4 Å². The Morgan fingerprint density at radius 1 is 1.03 bits per heavy atom. The fraction of sp³-hybridized carbons (Fsp3) is 0.0909. The Morgan fingerprint density at radius 2 is 1.67 bits per heavy atom. The zero-order valence-corrected chi connectivity index (χ0v) is 19.0. The highest BCUT2D eigenvalue weighted by Gasteiger charge is 2.17. The summed E-state index contributed by atoms with van der Waals surface area (Å²) in [6.07, 6.45) is 1.52. The third kappa shape index (κ3) is 4.35. The van der Waals surface area contributed by atoms with Gasteiger partial charge in [0.2, 0.25) is 0 Å². The molecule has 30 heavy (non-hydrogen) atoms. The van der Waals surface area contributed by atoms with Gasteiger partial charge in [0.25, 0.3) is 5.91 Å². The van der Waals surface area contributed by atoms with Gasteiger partial charge in [0.15, 0.2) is 0 Å². The van der Waals surface area contributed by atoms with Crippen molar-refractivity contribution in [3.8, 4) is 11.8 Å². The molecule has 0 unspecified atom stereocenters. The second kappa shape index (κ2) is 9.16. The summed E-state index contributed by atoms with van der Waals surface area (Å²) in [5, 5.41) is 13.5. The molecule has 0 aliphatic rings. The molecule has 0 radical (unpaired) electrons. The highest BCUT2D eigenvalue weighted by molar-refractivity contribution is 6.44. The van der Waals surface area contributed by atoms with Crippen LogP contribution in [0.25, 0.3) is 11.8 Å². The minimum absolute atomic E-state index is 0.0801. The van der Waals surface area contributed by atoms with Crippen molar-refractivity contribution in [3.05, 3.63) is 85.1 Å². The number of hydrogen-bond acceptors (Lipinski definition) is 2. The van der Waals surface area contributed by atoms with Crippen molar-refractivity contribution in [2.75, 3.05) is 5.32 Å². The minimum Gasteiger partial charge on any atom is -0.320 e. The maximum atomic E-state index is 12.6. The molecule has 0 spiro atoms. The number of nitriles is 1. The lowest BCUT2D eigenvalue weighted by atomic mass is 10.1. The predicted molar refractivity (Wildman–Crippen MR) is 124 cm³/mol. The average molecular weight is 479 g/mol. The third-order valence-corrected chi connectivity index (χ3v) is 6.13. The Morgan fingerprint density at radius 3 is 2.33 bits per heavy atom. The van der Waals surface area contributed by atoms with E-state index in [0.29, 0.717) is 32.0 Å². The highest BCUT2D eigenvalue weighted by Crippen LogP contribution is 2.33. The van der Waals surface area contributed by atoms with Gasteiger partial charge >= 0.3 is 0 Å².